The van der Waals surface area contributed by atoms with Crippen molar-refractivity contribution in [1.29, 1.82) is 0 Å². The van der Waals surface area contributed by atoms with Gasteiger partial charge in [0, 0.05) is 0 Å². The molecule has 1 rings (SSSR count). The summed E-state index contributed by atoms with van der Waals surface area (Å²) in [7, 11) is 0. The van der Waals surface area contributed by atoms with E-state index in [2.05, 4.69) is 0 Å². The van der Waals surface area contributed by atoms with Crippen molar-refractivity contribution in [2.45, 2.75) is 44.4 Å². The predicted molar refractivity (Wildman–Crippen MR) is 43.6 cm³/mol. The van der Waals surface area contributed by atoms with E-state index in [-0.39, 0.29) is 0 Å². The molecular weight excluding hydrogens is 183 g/mol. The van der Waals surface area contributed by atoms with E-state index in [1.54, 1.807) is 6.92 Å². The van der Waals surface area contributed by atoms with Crippen molar-refractivity contribution in [3.05, 3.63) is 0 Å². The lowest BCUT2D eigenvalue weighted by atomic mass is 9.86. The third-order valence-corrected chi connectivity index (χ3v) is 2.79. The first-order valence-electron chi connectivity index (χ1n) is 3.96. The Kier molecular flexibility index (Phi) is 3.20. The normalized spacial score (nSPS) is 39.4. The molecule has 12 heavy (non-hydrogen) atoms. The summed E-state index contributed by atoms with van der Waals surface area (Å²) in [5, 5.41) is 0. The Hall–Kier alpha value is -0.0000000000000000278. The molecular formula is C7H13FO3S. The van der Waals surface area contributed by atoms with Gasteiger partial charge >= 0.3 is 11.4 Å². The summed E-state index contributed by atoms with van der Waals surface area (Å²) < 4.78 is 36.3. The summed E-state index contributed by atoms with van der Waals surface area (Å²) in [6.07, 6.45) is 1.11. The quantitative estimate of drug-likeness (QED) is 0.685. The number of hydrogen-bond acceptors (Lipinski definition) is 2. The minimum absolute atomic E-state index is 0.424. The van der Waals surface area contributed by atoms with Gasteiger partial charge in [-0.3, -0.25) is 8.74 Å². The van der Waals surface area contributed by atoms with Crippen LogP contribution in [0.1, 0.15) is 32.6 Å². The van der Waals surface area contributed by atoms with Crippen LogP contribution in [0.3, 0.4) is 0 Å². The molecule has 1 saturated carbocycles. The highest BCUT2D eigenvalue weighted by atomic mass is 32.2. The first-order valence-corrected chi connectivity index (χ1v) is 4.99. The number of hydrogen-bond donors (Lipinski definition) is 1. The number of halogens is 1. The van der Waals surface area contributed by atoms with E-state index in [1.165, 1.54) is 0 Å². The third-order valence-electron chi connectivity index (χ3n) is 2.25. The molecule has 1 aliphatic rings. The molecule has 0 aliphatic heterocycles. The molecule has 0 aromatic heterocycles. The summed E-state index contributed by atoms with van der Waals surface area (Å²) in [4.78, 5) is 0. The first-order chi connectivity index (χ1) is 5.52. The van der Waals surface area contributed by atoms with Crippen LogP contribution in [0.4, 0.5) is 4.39 Å². The monoisotopic (exact) mass is 196 g/mol. The van der Waals surface area contributed by atoms with Crippen molar-refractivity contribution in [3.63, 3.8) is 0 Å². The van der Waals surface area contributed by atoms with E-state index in [1.807, 2.05) is 0 Å². The molecule has 0 aromatic carbocycles. The molecule has 1 aliphatic carbocycles. The van der Waals surface area contributed by atoms with Crippen molar-refractivity contribution in [2.24, 2.45) is 0 Å². The number of rotatable bonds is 2. The smallest absolute Gasteiger partial charge is 0.284 e. The number of alkyl halides is 1. The van der Waals surface area contributed by atoms with E-state index in [0.717, 1.165) is 0 Å². The molecule has 3 nitrogen and oxygen atoms in total. The zero-order valence-corrected chi connectivity index (χ0v) is 7.77. The van der Waals surface area contributed by atoms with E-state index < -0.39 is 23.1 Å². The van der Waals surface area contributed by atoms with Crippen molar-refractivity contribution < 1.29 is 17.3 Å². The van der Waals surface area contributed by atoms with Crippen LogP contribution in [0.15, 0.2) is 0 Å². The molecule has 0 radical (unpaired) electrons. The molecule has 0 bridgehead atoms. The molecule has 5 heteroatoms. The Morgan fingerprint density at radius 2 is 2.08 bits per heavy atom. The van der Waals surface area contributed by atoms with Gasteiger partial charge < -0.3 is 0 Å². The van der Waals surface area contributed by atoms with E-state index in [4.69, 9.17) is 8.74 Å². The molecule has 0 amide bonds. The highest BCUT2D eigenvalue weighted by Gasteiger charge is 2.33. The fourth-order valence-electron chi connectivity index (χ4n) is 1.45. The second-order valence-corrected chi connectivity index (χ2v) is 4.03. The molecule has 0 aromatic rings. The van der Waals surface area contributed by atoms with Gasteiger partial charge in [0.25, 0.3) is 0 Å². The average Bonchev–Trinajstić information content (AvgIpc) is 1.94. The standard InChI is InChI=1S/C7H13FO3S/c1-7(11-12(9)10)4-2-6(8)3-5-7/h6H,2-5H2,1H3,(H,9,10). The third kappa shape index (κ3) is 2.80. The van der Waals surface area contributed by atoms with Crippen LogP contribution in [0.25, 0.3) is 0 Å². The Morgan fingerprint density at radius 3 is 2.50 bits per heavy atom. The second kappa shape index (κ2) is 3.81. The first kappa shape index (κ1) is 10.1. The maximum Gasteiger partial charge on any atom is 0.302 e. The van der Waals surface area contributed by atoms with Crippen LogP contribution in [0, 0.1) is 0 Å². The molecule has 0 spiro atoms. The van der Waals surface area contributed by atoms with Gasteiger partial charge in [0.05, 0.1) is 5.60 Å². The van der Waals surface area contributed by atoms with Crippen molar-refractivity contribution in [1.82, 2.24) is 0 Å². The summed E-state index contributed by atoms with van der Waals surface area (Å²) in [6.45, 7) is 1.74. The molecule has 72 valence electrons. The Morgan fingerprint density at radius 1 is 1.58 bits per heavy atom. The minimum atomic E-state index is -2.24. The van der Waals surface area contributed by atoms with Gasteiger partial charge in [0.1, 0.15) is 6.17 Å². The van der Waals surface area contributed by atoms with Crippen LogP contribution in [-0.2, 0) is 15.5 Å². The maximum atomic E-state index is 12.7. The SMILES string of the molecule is CC1(OS(=O)O)CCC(F)CC1. The van der Waals surface area contributed by atoms with Crippen molar-refractivity contribution in [3.8, 4) is 0 Å². The topological polar surface area (TPSA) is 46.5 Å². The molecule has 1 unspecified atom stereocenters. The van der Waals surface area contributed by atoms with Crippen LogP contribution >= 0.6 is 0 Å². The highest BCUT2D eigenvalue weighted by molar-refractivity contribution is 7.74. The average molecular weight is 196 g/mol. The zero-order chi connectivity index (χ0) is 9.19. The Bertz CT molecular complexity index is 177. The summed E-state index contributed by atoms with van der Waals surface area (Å²) in [6, 6.07) is 0. The van der Waals surface area contributed by atoms with E-state index in [0.29, 0.717) is 25.7 Å². The van der Waals surface area contributed by atoms with Gasteiger partial charge in [-0.2, -0.15) is 4.21 Å². The molecule has 0 saturated heterocycles. The van der Waals surface area contributed by atoms with E-state index >= 15 is 0 Å². The van der Waals surface area contributed by atoms with Crippen LogP contribution < -0.4 is 0 Å². The Labute approximate surface area is 73.8 Å². The zero-order valence-electron chi connectivity index (χ0n) is 6.96. The molecule has 1 atom stereocenters. The highest BCUT2D eigenvalue weighted by Crippen LogP contribution is 2.32. The predicted octanol–water partition coefficient (Wildman–Crippen LogP) is 1.81. The second-order valence-electron chi connectivity index (χ2n) is 3.42. The summed E-state index contributed by atoms with van der Waals surface area (Å²) >= 11 is -2.24. The van der Waals surface area contributed by atoms with Crippen molar-refractivity contribution >= 4 is 11.4 Å². The molecule has 0 heterocycles. The summed E-state index contributed by atoms with van der Waals surface area (Å²) in [5.41, 5.74) is -0.609. The van der Waals surface area contributed by atoms with Crippen LogP contribution in [0.5, 0.6) is 0 Å². The lowest BCUT2D eigenvalue weighted by Gasteiger charge is -2.32. The van der Waals surface area contributed by atoms with Gasteiger partial charge in [-0.05, 0) is 32.6 Å². The van der Waals surface area contributed by atoms with Gasteiger partial charge in [0.15, 0.2) is 0 Å². The van der Waals surface area contributed by atoms with Crippen LogP contribution in [0.2, 0.25) is 0 Å². The van der Waals surface area contributed by atoms with Gasteiger partial charge in [-0.25, -0.2) is 4.39 Å². The van der Waals surface area contributed by atoms with Crippen LogP contribution in [-0.4, -0.2) is 20.5 Å². The largest absolute Gasteiger partial charge is 0.302 e. The fraction of sp³-hybridized carbons (Fsp3) is 1.00. The molecule has 1 fully saturated rings. The minimum Gasteiger partial charge on any atom is -0.284 e. The fourth-order valence-corrected chi connectivity index (χ4v) is 1.96. The lowest BCUT2D eigenvalue weighted by Crippen LogP contribution is -2.35. The van der Waals surface area contributed by atoms with Gasteiger partial charge in [-0.1, -0.05) is 0 Å². The lowest BCUT2D eigenvalue weighted by molar-refractivity contribution is 0.0291. The van der Waals surface area contributed by atoms with Gasteiger partial charge in [0.2, 0.25) is 0 Å². The van der Waals surface area contributed by atoms with E-state index in [9.17, 15) is 8.60 Å². The Balaban J connectivity index is 2.44. The summed E-state index contributed by atoms with van der Waals surface area (Å²) in [5.74, 6) is 0. The van der Waals surface area contributed by atoms with Gasteiger partial charge in [-0.15, -0.1) is 0 Å². The van der Waals surface area contributed by atoms with Crippen molar-refractivity contribution in [2.75, 3.05) is 0 Å². The molecule has 1 N–H and O–H groups in total. The maximum absolute atomic E-state index is 12.7.